The highest BCUT2D eigenvalue weighted by Crippen LogP contribution is 2.07. The van der Waals surface area contributed by atoms with Gasteiger partial charge in [0.05, 0.1) is 19.4 Å². The van der Waals surface area contributed by atoms with Crippen LogP contribution in [-0.2, 0) is 11.4 Å². The Bertz CT molecular complexity index is 545. The Morgan fingerprint density at radius 1 is 1.41 bits per heavy atom. The maximum atomic E-state index is 11.6. The van der Waals surface area contributed by atoms with Gasteiger partial charge in [-0.25, -0.2) is 10.6 Å². The van der Waals surface area contributed by atoms with Gasteiger partial charge in [-0.15, -0.1) is 5.11 Å². The molecule has 1 amide bonds. The van der Waals surface area contributed by atoms with Crippen molar-refractivity contribution >= 4 is 17.6 Å². The summed E-state index contributed by atoms with van der Waals surface area (Å²) in [7, 11) is 3.02. The lowest BCUT2D eigenvalue weighted by molar-refractivity contribution is -0.0757. The third kappa shape index (κ3) is 7.22. The van der Waals surface area contributed by atoms with Crippen LogP contribution in [0, 0.1) is 16.3 Å². The van der Waals surface area contributed by atoms with Crippen molar-refractivity contribution in [3.8, 4) is 0 Å². The van der Waals surface area contributed by atoms with Gasteiger partial charge in [0.2, 0.25) is 0 Å². The molecule has 0 fully saturated rings. The first-order valence-corrected chi connectivity index (χ1v) is 6.24. The van der Waals surface area contributed by atoms with Gasteiger partial charge in [-0.1, -0.05) is 12.1 Å². The van der Waals surface area contributed by atoms with Crippen molar-refractivity contribution in [3.05, 3.63) is 35.4 Å². The van der Waals surface area contributed by atoms with E-state index in [2.05, 4.69) is 5.11 Å². The van der Waals surface area contributed by atoms with Crippen molar-refractivity contribution in [3.63, 3.8) is 0 Å². The van der Waals surface area contributed by atoms with E-state index in [9.17, 15) is 4.79 Å². The average molecular weight is 307 g/mol. The van der Waals surface area contributed by atoms with Gasteiger partial charge in [0.25, 0.3) is 5.91 Å². The summed E-state index contributed by atoms with van der Waals surface area (Å²) in [6, 6.07) is 7.18. The Balaban J connectivity index is 0.000000472. The number of hydrogen-bond acceptors (Lipinski definition) is 6. The molecule has 120 valence electrons. The number of nitrogens with zero attached hydrogens (tertiary/aromatic N) is 2. The van der Waals surface area contributed by atoms with Crippen LogP contribution in [0.3, 0.4) is 0 Å². The van der Waals surface area contributed by atoms with Gasteiger partial charge >= 0.3 is 0 Å². The van der Waals surface area contributed by atoms with Gasteiger partial charge in [-0.05, 0) is 17.7 Å². The van der Waals surface area contributed by atoms with Crippen molar-refractivity contribution in [2.24, 2.45) is 16.6 Å². The van der Waals surface area contributed by atoms with Crippen molar-refractivity contribution in [2.75, 3.05) is 14.2 Å². The highest BCUT2D eigenvalue weighted by Gasteiger charge is 2.10. The summed E-state index contributed by atoms with van der Waals surface area (Å²) < 4.78 is 0. The fourth-order valence-electron chi connectivity index (χ4n) is 1.32. The molecule has 0 bridgehead atoms. The van der Waals surface area contributed by atoms with E-state index >= 15 is 0 Å². The van der Waals surface area contributed by atoms with Crippen molar-refractivity contribution in [2.45, 2.75) is 13.0 Å². The van der Waals surface area contributed by atoms with Crippen LogP contribution in [0.4, 0.5) is 0 Å². The molecule has 9 nitrogen and oxygen atoms in total. The Kier molecular flexibility index (Phi) is 8.91. The fraction of sp³-hybridized carbons (Fsp3) is 0.308. The number of nitrogens with one attached hydrogen (secondary N) is 3. The summed E-state index contributed by atoms with van der Waals surface area (Å²) in [5, 5.41) is 17.2. The zero-order valence-electron chi connectivity index (χ0n) is 12.6. The summed E-state index contributed by atoms with van der Waals surface area (Å²) >= 11 is 0. The minimum atomic E-state index is -0.183. The molecule has 9 heteroatoms. The molecule has 0 atom stereocenters. The second kappa shape index (κ2) is 10.1. The summed E-state index contributed by atoms with van der Waals surface area (Å²) in [6.07, 6.45) is -0.0243. The minimum Gasteiger partial charge on any atom is -0.387 e. The van der Waals surface area contributed by atoms with Gasteiger partial charge < -0.3 is 11.5 Å². The first-order chi connectivity index (χ1) is 10.3. The first-order valence-electron chi connectivity index (χ1n) is 6.24. The fourth-order valence-corrected chi connectivity index (χ4v) is 1.32. The van der Waals surface area contributed by atoms with Gasteiger partial charge in [0.15, 0.2) is 0 Å². The molecule has 0 radical (unpaired) electrons. The highest BCUT2D eigenvalue weighted by atomic mass is 16.7. The third-order valence-electron chi connectivity index (χ3n) is 2.46. The van der Waals surface area contributed by atoms with E-state index in [0.29, 0.717) is 12.1 Å². The molecular weight excluding hydrogens is 286 g/mol. The number of carbonyl (C=O) groups is 1. The molecule has 0 aliphatic heterocycles. The number of amidine groups is 2. The van der Waals surface area contributed by atoms with Crippen LogP contribution in [0.15, 0.2) is 29.4 Å². The van der Waals surface area contributed by atoms with E-state index in [4.69, 9.17) is 32.7 Å². The summed E-state index contributed by atoms with van der Waals surface area (Å²) in [5.41, 5.74) is 18.1. The van der Waals surface area contributed by atoms with E-state index in [0.717, 1.165) is 5.56 Å². The monoisotopic (exact) mass is 307 g/mol. The molecule has 1 aromatic carbocycles. The minimum absolute atomic E-state index is 0.0243. The largest absolute Gasteiger partial charge is 0.387 e. The quantitative estimate of drug-likeness (QED) is 0.238. The van der Waals surface area contributed by atoms with Gasteiger partial charge in [0.1, 0.15) is 5.84 Å². The molecule has 0 saturated carbocycles. The molecule has 0 saturated heterocycles. The maximum Gasteiger partial charge on any atom is 0.277 e. The standard InChI is InChI=1S/C10H14N2O2.C3H7N5/c1-12(14-2)10(13)9-5-3-4-8(6-9)7-11;4-2(5)1-3(6)8-7/h3-6H,7,11H2,1-2H3;6-7H,1H2,(H3,4,5). The summed E-state index contributed by atoms with van der Waals surface area (Å²) in [5.74, 6) is -0.494. The molecule has 22 heavy (non-hydrogen) atoms. The predicted molar refractivity (Wildman–Crippen MR) is 82.8 cm³/mol. The number of hydrogen-bond donors (Lipinski definition) is 5. The zero-order valence-corrected chi connectivity index (χ0v) is 12.6. The van der Waals surface area contributed by atoms with E-state index in [-0.39, 0.29) is 24.0 Å². The van der Waals surface area contributed by atoms with E-state index in [1.54, 1.807) is 25.2 Å². The number of benzene rings is 1. The molecule has 0 aliphatic rings. The molecule has 0 spiro atoms. The number of nitrogens with two attached hydrogens (primary N) is 2. The Labute approximate surface area is 128 Å². The lowest BCUT2D eigenvalue weighted by Gasteiger charge is -2.13. The number of rotatable bonds is 5. The van der Waals surface area contributed by atoms with Crippen LogP contribution >= 0.6 is 0 Å². The molecular formula is C13H21N7O2. The Hall–Kier alpha value is -2.65. The van der Waals surface area contributed by atoms with Crippen molar-refractivity contribution in [1.82, 2.24) is 5.06 Å². The normalized spacial score (nSPS) is 9.23. The SMILES string of the molecule is CON(C)C(=O)c1cccc(CN)c1.N=NC(=N)CC(=N)N. The molecule has 7 N–H and O–H groups in total. The Morgan fingerprint density at radius 3 is 2.45 bits per heavy atom. The van der Waals surface area contributed by atoms with Crippen LogP contribution in [0.2, 0.25) is 0 Å². The van der Waals surface area contributed by atoms with Crippen LogP contribution < -0.4 is 11.5 Å². The Morgan fingerprint density at radius 2 is 2.05 bits per heavy atom. The zero-order chi connectivity index (χ0) is 17.1. The van der Waals surface area contributed by atoms with Crippen molar-refractivity contribution in [1.29, 1.82) is 16.3 Å². The number of carbonyl (C=O) groups excluding carboxylic acids is 1. The number of hydroxylamine groups is 2. The lowest BCUT2D eigenvalue weighted by Crippen LogP contribution is -2.25. The molecule has 1 aromatic rings. The van der Waals surface area contributed by atoms with Gasteiger partial charge in [0, 0.05) is 19.2 Å². The van der Waals surface area contributed by atoms with Crippen LogP contribution in [0.5, 0.6) is 0 Å². The second-order valence-electron chi connectivity index (χ2n) is 4.15. The smallest absolute Gasteiger partial charge is 0.277 e. The average Bonchev–Trinajstić information content (AvgIpc) is 2.53. The molecule has 0 aromatic heterocycles. The molecule has 0 heterocycles. The van der Waals surface area contributed by atoms with Crippen LogP contribution in [0.1, 0.15) is 22.3 Å². The first kappa shape index (κ1) is 19.4. The molecule has 1 rings (SSSR count). The number of amides is 1. The van der Waals surface area contributed by atoms with E-state index in [1.807, 2.05) is 6.07 Å². The van der Waals surface area contributed by atoms with Crippen LogP contribution in [0.25, 0.3) is 0 Å². The second-order valence-corrected chi connectivity index (χ2v) is 4.15. The van der Waals surface area contributed by atoms with Gasteiger partial charge in [-0.3, -0.25) is 20.5 Å². The highest BCUT2D eigenvalue weighted by molar-refractivity contribution is 5.98. The summed E-state index contributed by atoms with van der Waals surface area (Å²) in [6.45, 7) is 0.428. The maximum absolute atomic E-state index is 11.6. The van der Waals surface area contributed by atoms with Crippen molar-refractivity contribution < 1.29 is 9.63 Å². The lowest BCUT2D eigenvalue weighted by atomic mass is 10.1. The topological polar surface area (TPSA) is 165 Å². The van der Waals surface area contributed by atoms with Crippen LogP contribution in [-0.4, -0.2) is 36.8 Å². The van der Waals surface area contributed by atoms with E-state index < -0.39 is 0 Å². The molecule has 0 aliphatic carbocycles. The van der Waals surface area contributed by atoms with Gasteiger partial charge in [-0.2, -0.15) is 0 Å². The summed E-state index contributed by atoms with van der Waals surface area (Å²) in [4.78, 5) is 16.4. The predicted octanol–water partition coefficient (Wildman–Crippen LogP) is 1.10. The molecule has 0 unspecified atom stereocenters. The third-order valence-corrected chi connectivity index (χ3v) is 2.46. The van der Waals surface area contributed by atoms with E-state index in [1.165, 1.54) is 12.2 Å².